The zero-order chi connectivity index (χ0) is 36.8. The number of amides is 5. The maximum atomic E-state index is 14.1. The number of benzene rings is 1. The first kappa shape index (κ1) is 39.6. The number of carbonyl (C=O) groups excluding carboxylic acids is 4. The smallest absolute Gasteiger partial charge is 0.429 e. The molecule has 14 heteroatoms. The monoisotopic (exact) mass is 711 g/mol. The molecule has 1 aliphatic carbocycles. The molecule has 0 radical (unpaired) electrons. The van der Waals surface area contributed by atoms with Gasteiger partial charge in [-0.1, -0.05) is 63.4 Å². The molecule has 0 bridgehead atoms. The number of nitrogens with one attached hydrogen (secondary N) is 3. The minimum Gasteiger partial charge on any atom is -0.434 e. The second-order valence-corrected chi connectivity index (χ2v) is 14.2. The second-order valence-electron chi connectivity index (χ2n) is 14.2. The van der Waals surface area contributed by atoms with E-state index in [-0.39, 0.29) is 30.7 Å². The number of hydrogen-bond acceptors (Lipinski definition) is 8. The number of nitrogens with zero attached hydrogens (tertiary/aromatic N) is 4. The summed E-state index contributed by atoms with van der Waals surface area (Å²) in [5.74, 6) is -0.366. The van der Waals surface area contributed by atoms with Gasteiger partial charge in [0, 0.05) is 58.0 Å². The van der Waals surface area contributed by atoms with E-state index >= 15 is 0 Å². The summed E-state index contributed by atoms with van der Waals surface area (Å²) < 4.78 is 11.1. The number of rotatable bonds is 15. The Hall–Kier alpha value is -4.17. The van der Waals surface area contributed by atoms with Crippen LogP contribution in [0.2, 0.25) is 0 Å². The summed E-state index contributed by atoms with van der Waals surface area (Å²) in [4.78, 5) is 63.4. The number of aliphatic hydroxyl groups excluding tert-OH is 1. The quantitative estimate of drug-likeness (QED) is 0.203. The minimum absolute atomic E-state index is 0.0402. The van der Waals surface area contributed by atoms with Crippen molar-refractivity contribution in [1.29, 1.82) is 0 Å². The van der Waals surface area contributed by atoms with Crippen molar-refractivity contribution in [3.8, 4) is 0 Å². The van der Waals surface area contributed by atoms with E-state index in [2.05, 4.69) is 34.4 Å². The standard InChI is InChI=1S/C37H57N7O7/c1-26(2)15-16-30(45)23-31(28-13-9-6-10-14-28)40-34(46)32(22-29-24-38-25-39-29)41-35(47)33(21-27-11-7-5-8-12-27)51-37(49)43(4)42(3)36(48)44-17-19-50-20-18-44/h5,7-8,11-12,24-26,28,30-33,45H,6,9-10,13-23H2,1-4H3,(H,38,39)(H,40,46)(H,41,47)/t30-,31?,32-,33-/m0/s1. The predicted octanol–water partition coefficient (Wildman–Crippen LogP) is 3.67. The molecule has 1 aromatic carbocycles. The van der Waals surface area contributed by atoms with Gasteiger partial charge in [0.05, 0.1) is 25.6 Å². The number of imidazole rings is 1. The van der Waals surface area contributed by atoms with Gasteiger partial charge >= 0.3 is 12.1 Å². The second kappa shape index (κ2) is 20.0. The normalized spacial score (nSPS) is 17.6. The number of aliphatic hydroxyl groups is 1. The van der Waals surface area contributed by atoms with E-state index in [1.165, 1.54) is 20.4 Å². The third-order valence-electron chi connectivity index (χ3n) is 9.83. The lowest BCUT2D eigenvalue weighted by Gasteiger charge is -2.35. The number of aromatic nitrogens is 2. The van der Waals surface area contributed by atoms with Crippen LogP contribution in [-0.4, -0.2) is 119 Å². The predicted molar refractivity (Wildman–Crippen MR) is 191 cm³/mol. The summed E-state index contributed by atoms with van der Waals surface area (Å²) in [5, 5.41) is 19.2. The molecule has 0 spiro atoms. The molecule has 4 N–H and O–H groups in total. The molecule has 4 rings (SSSR count). The van der Waals surface area contributed by atoms with Gasteiger partial charge in [-0.25, -0.2) is 24.6 Å². The van der Waals surface area contributed by atoms with E-state index in [4.69, 9.17) is 9.47 Å². The number of H-pyrrole nitrogens is 1. The third-order valence-corrected chi connectivity index (χ3v) is 9.83. The van der Waals surface area contributed by atoms with Crippen LogP contribution in [-0.2, 0) is 31.9 Å². The van der Waals surface area contributed by atoms with Crippen molar-refractivity contribution in [2.24, 2.45) is 11.8 Å². The number of morpholine rings is 1. The Morgan fingerprint density at radius 2 is 1.69 bits per heavy atom. The molecular weight excluding hydrogens is 654 g/mol. The van der Waals surface area contributed by atoms with Crippen molar-refractivity contribution in [3.05, 3.63) is 54.1 Å². The SMILES string of the molecule is CC(C)CC[C@H](O)CC(NC(=O)[C@H](Cc1cnc[nH]1)NC(=O)[C@H](Cc1ccccc1)OC(=O)N(C)N(C)C(=O)N1CCOCC1)C1CCCCC1. The molecule has 2 aromatic rings. The Labute approximate surface area is 301 Å². The van der Waals surface area contributed by atoms with E-state index < -0.39 is 36.3 Å². The molecule has 2 fully saturated rings. The number of hydrazine groups is 1. The number of aromatic amines is 1. The van der Waals surface area contributed by atoms with E-state index in [0.29, 0.717) is 50.8 Å². The van der Waals surface area contributed by atoms with Gasteiger partial charge in [0.1, 0.15) is 6.04 Å². The zero-order valence-electron chi connectivity index (χ0n) is 30.6. The fourth-order valence-electron chi connectivity index (χ4n) is 6.64. The number of hydrogen-bond donors (Lipinski definition) is 4. The molecule has 2 aliphatic rings. The van der Waals surface area contributed by atoms with Crippen LogP contribution in [0.3, 0.4) is 0 Å². The first-order valence-electron chi connectivity index (χ1n) is 18.4. The molecule has 5 amide bonds. The van der Waals surface area contributed by atoms with Gasteiger partial charge in [-0.3, -0.25) is 9.59 Å². The van der Waals surface area contributed by atoms with Crippen molar-refractivity contribution in [1.82, 2.24) is 35.5 Å². The van der Waals surface area contributed by atoms with Crippen LogP contribution >= 0.6 is 0 Å². The number of carbonyl (C=O) groups is 4. The van der Waals surface area contributed by atoms with E-state index in [1.54, 1.807) is 11.1 Å². The molecule has 2 heterocycles. The van der Waals surface area contributed by atoms with E-state index in [1.807, 2.05) is 30.3 Å². The van der Waals surface area contributed by atoms with E-state index in [9.17, 15) is 24.3 Å². The van der Waals surface area contributed by atoms with Crippen LogP contribution in [0.5, 0.6) is 0 Å². The fourth-order valence-corrected chi connectivity index (χ4v) is 6.64. The minimum atomic E-state index is -1.32. The topological polar surface area (TPSA) is 169 Å². The van der Waals surface area contributed by atoms with Crippen molar-refractivity contribution in [3.63, 3.8) is 0 Å². The van der Waals surface area contributed by atoms with Crippen LogP contribution in [0.15, 0.2) is 42.9 Å². The molecule has 14 nitrogen and oxygen atoms in total. The molecule has 282 valence electrons. The average molecular weight is 712 g/mol. The first-order valence-corrected chi connectivity index (χ1v) is 18.4. The highest BCUT2D eigenvalue weighted by Gasteiger charge is 2.34. The maximum absolute atomic E-state index is 14.1. The van der Waals surface area contributed by atoms with Crippen molar-refractivity contribution in [2.75, 3.05) is 40.4 Å². The van der Waals surface area contributed by atoms with Gasteiger partial charge in [0.2, 0.25) is 5.91 Å². The lowest BCUT2D eigenvalue weighted by Crippen LogP contribution is -2.56. The highest BCUT2D eigenvalue weighted by atomic mass is 16.6. The zero-order valence-corrected chi connectivity index (χ0v) is 30.6. The lowest BCUT2D eigenvalue weighted by atomic mass is 9.81. The largest absolute Gasteiger partial charge is 0.434 e. The fraction of sp³-hybridized carbons (Fsp3) is 0.649. The highest BCUT2D eigenvalue weighted by molar-refractivity contribution is 5.91. The highest BCUT2D eigenvalue weighted by Crippen LogP contribution is 2.29. The molecule has 51 heavy (non-hydrogen) atoms. The van der Waals surface area contributed by atoms with Crippen molar-refractivity contribution in [2.45, 2.75) is 102 Å². The first-order chi connectivity index (χ1) is 24.5. The Balaban J connectivity index is 1.51. The Bertz CT molecular complexity index is 1360. The lowest BCUT2D eigenvalue weighted by molar-refractivity contribution is -0.135. The van der Waals surface area contributed by atoms with Crippen molar-refractivity contribution >= 4 is 23.9 Å². The van der Waals surface area contributed by atoms with Crippen LogP contribution in [0, 0.1) is 11.8 Å². The van der Waals surface area contributed by atoms with Crippen LogP contribution in [0.1, 0.15) is 76.5 Å². The van der Waals surface area contributed by atoms with Gasteiger partial charge in [0.25, 0.3) is 5.91 Å². The molecular formula is C37H57N7O7. The Kier molecular flexibility index (Phi) is 15.5. The van der Waals surface area contributed by atoms with E-state index in [0.717, 1.165) is 54.1 Å². The van der Waals surface area contributed by atoms with Crippen LogP contribution < -0.4 is 10.6 Å². The summed E-state index contributed by atoms with van der Waals surface area (Å²) in [6.07, 6.45) is 7.68. The molecule has 1 unspecified atom stereocenters. The summed E-state index contributed by atoms with van der Waals surface area (Å²) >= 11 is 0. The summed E-state index contributed by atoms with van der Waals surface area (Å²) in [7, 11) is 2.85. The maximum Gasteiger partial charge on any atom is 0.429 e. The van der Waals surface area contributed by atoms with Gasteiger partial charge in [-0.15, -0.1) is 0 Å². The van der Waals surface area contributed by atoms with Gasteiger partial charge in [0.15, 0.2) is 6.10 Å². The van der Waals surface area contributed by atoms with Gasteiger partial charge in [-0.05, 0) is 49.5 Å². The number of urea groups is 1. The number of ether oxygens (including phenoxy) is 2. The van der Waals surface area contributed by atoms with Gasteiger partial charge in [-0.2, -0.15) is 0 Å². The Morgan fingerprint density at radius 1 is 0.980 bits per heavy atom. The third kappa shape index (κ3) is 12.5. The summed E-state index contributed by atoms with van der Waals surface area (Å²) in [5.41, 5.74) is 1.38. The van der Waals surface area contributed by atoms with Gasteiger partial charge < -0.3 is 35.1 Å². The molecule has 1 saturated heterocycles. The summed E-state index contributed by atoms with van der Waals surface area (Å²) in [6, 6.07) is 7.44. The molecule has 1 saturated carbocycles. The van der Waals surface area contributed by atoms with Crippen molar-refractivity contribution < 1.29 is 33.8 Å². The molecule has 1 aromatic heterocycles. The average Bonchev–Trinajstić information content (AvgIpc) is 3.66. The van der Waals surface area contributed by atoms with Crippen LogP contribution in [0.25, 0.3) is 0 Å². The van der Waals surface area contributed by atoms with Crippen LogP contribution in [0.4, 0.5) is 9.59 Å². The molecule has 1 aliphatic heterocycles. The Morgan fingerprint density at radius 3 is 2.33 bits per heavy atom. The molecule has 4 atom stereocenters. The summed E-state index contributed by atoms with van der Waals surface area (Å²) in [6.45, 7) is 5.84.